The predicted molar refractivity (Wildman–Crippen MR) is 159 cm³/mol. The van der Waals surface area contributed by atoms with E-state index in [0.717, 1.165) is 23.2 Å². The topological polar surface area (TPSA) is 81.0 Å². The second-order valence-corrected chi connectivity index (χ2v) is 9.08. The van der Waals surface area contributed by atoms with Gasteiger partial charge in [-0.15, -0.1) is 5.10 Å². The number of aromatic nitrogens is 3. The Balaban J connectivity index is 1.39. The number of fused-ring (bicyclic) bond motifs is 1. The zero-order valence-corrected chi connectivity index (χ0v) is 22.2. The fourth-order valence-electron chi connectivity index (χ4n) is 4.27. The number of hydrogen-bond acceptors (Lipinski definition) is 6. The maximum Gasteiger partial charge on any atom is 0.256 e. The minimum atomic E-state index is -0.620. The molecule has 0 aliphatic rings. The molecular weight excluding hydrogens is 533 g/mol. The first-order chi connectivity index (χ1) is 20.6. The fourth-order valence-corrected chi connectivity index (χ4v) is 4.27. The van der Waals surface area contributed by atoms with Gasteiger partial charge in [-0.25, -0.2) is 8.91 Å². The Morgan fingerprint density at radius 1 is 0.833 bits per heavy atom. The number of carbonyl (C=O) groups excluding carboxylic acids is 1. The Morgan fingerprint density at radius 3 is 2.26 bits per heavy atom. The van der Waals surface area contributed by atoms with Gasteiger partial charge in [-0.2, -0.15) is 4.98 Å². The second kappa shape index (κ2) is 11.6. The molecule has 6 rings (SSSR count). The highest BCUT2D eigenvalue weighted by atomic mass is 19.1. The van der Waals surface area contributed by atoms with Crippen molar-refractivity contribution in [1.29, 1.82) is 0 Å². The van der Waals surface area contributed by atoms with E-state index < -0.39 is 11.7 Å². The summed E-state index contributed by atoms with van der Waals surface area (Å²) < 4.78 is 28.4. The lowest BCUT2D eigenvalue weighted by Crippen LogP contribution is -2.15. The van der Waals surface area contributed by atoms with E-state index in [0.29, 0.717) is 17.0 Å². The van der Waals surface area contributed by atoms with Crippen LogP contribution in [0.3, 0.4) is 0 Å². The lowest BCUT2D eigenvalue weighted by molar-refractivity contribution is -0.111. The SMILES string of the molecule is C=CC(=O)Nc1ccc(F)c(Oc2nc(N(c3ccccc3)c3ccc(Oc4ccccc4)cc3)nn3cccc23)c1. The summed E-state index contributed by atoms with van der Waals surface area (Å²) in [6.45, 7) is 3.44. The van der Waals surface area contributed by atoms with Crippen molar-refractivity contribution in [3.63, 3.8) is 0 Å². The monoisotopic (exact) mass is 557 g/mol. The Bertz CT molecular complexity index is 1860. The third kappa shape index (κ3) is 5.66. The van der Waals surface area contributed by atoms with E-state index in [-0.39, 0.29) is 17.6 Å². The first kappa shape index (κ1) is 26.3. The summed E-state index contributed by atoms with van der Waals surface area (Å²) >= 11 is 0. The first-order valence-electron chi connectivity index (χ1n) is 13.0. The molecule has 0 fully saturated rings. The minimum Gasteiger partial charge on any atom is -0.457 e. The summed E-state index contributed by atoms with van der Waals surface area (Å²) in [6.07, 6.45) is 2.88. The number of para-hydroxylation sites is 2. The minimum absolute atomic E-state index is 0.113. The van der Waals surface area contributed by atoms with Gasteiger partial charge in [0.25, 0.3) is 5.95 Å². The predicted octanol–water partition coefficient (Wildman–Crippen LogP) is 8.05. The van der Waals surface area contributed by atoms with Crippen molar-refractivity contribution < 1.29 is 18.7 Å². The number of nitrogens with zero attached hydrogens (tertiary/aromatic N) is 4. The molecular formula is C33H24FN5O3. The number of amides is 1. The van der Waals surface area contributed by atoms with Crippen LogP contribution in [0.25, 0.3) is 5.52 Å². The van der Waals surface area contributed by atoms with Gasteiger partial charge in [0.15, 0.2) is 11.6 Å². The van der Waals surface area contributed by atoms with Gasteiger partial charge in [-0.3, -0.25) is 9.69 Å². The zero-order chi connectivity index (χ0) is 28.9. The maximum atomic E-state index is 14.9. The highest BCUT2D eigenvalue weighted by molar-refractivity contribution is 5.99. The van der Waals surface area contributed by atoms with E-state index in [1.165, 1.54) is 18.2 Å². The van der Waals surface area contributed by atoms with Crippen molar-refractivity contribution in [2.45, 2.75) is 0 Å². The smallest absolute Gasteiger partial charge is 0.256 e. The average molecular weight is 558 g/mol. The van der Waals surface area contributed by atoms with Gasteiger partial charge in [0, 0.05) is 29.3 Å². The number of rotatable bonds is 9. The van der Waals surface area contributed by atoms with Gasteiger partial charge < -0.3 is 14.8 Å². The van der Waals surface area contributed by atoms with Gasteiger partial charge in [0.05, 0.1) is 0 Å². The van der Waals surface area contributed by atoms with Crippen LogP contribution in [-0.4, -0.2) is 20.5 Å². The lowest BCUT2D eigenvalue weighted by Gasteiger charge is -2.24. The number of ether oxygens (including phenoxy) is 2. The van der Waals surface area contributed by atoms with Crippen molar-refractivity contribution in [3.05, 3.63) is 140 Å². The Hall–Kier alpha value is -5.96. The molecule has 0 saturated heterocycles. The number of halogens is 1. The summed E-state index contributed by atoms with van der Waals surface area (Å²) in [6, 6.07) is 34.3. The molecule has 2 aromatic heterocycles. The van der Waals surface area contributed by atoms with E-state index in [1.54, 1.807) is 22.8 Å². The molecule has 0 aliphatic heterocycles. The van der Waals surface area contributed by atoms with Crippen LogP contribution in [0.4, 0.5) is 27.4 Å². The van der Waals surface area contributed by atoms with Gasteiger partial charge in [-0.05, 0) is 78.9 Å². The van der Waals surface area contributed by atoms with E-state index in [1.807, 2.05) is 89.8 Å². The lowest BCUT2D eigenvalue weighted by atomic mass is 10.2. The molecule has 206 valence electrons. The second-order valence-electron chi connectivity index (χ2n) is 9.08. The van der Waals surface area contributed by atoms with Crippen molar-refractivity contribution in [2.24, 2.45) is 0 Å². The highest BCUT2D eigenvalue weighted by Gasteiger charge is 2.20. The molecule has 6 aromatic rings. The van der Waals surface area contributed by atoms with Crippen LogP contribution in [0.15, 0.2) is 134 Å². The van der Waals surface area contributed by atoms with Gasteiger partial charge in [-0.1, -0.05) is 43.0 Å². The van der Waals surface area contributed by atoms with E-state index >= 15 is 0 Å². The third-order valence-corrected chi connectivity index (χ3v) is 6.23. The maximum absolute atomic E-state index is 14.9. The Morgan fingerprint density at radius 2 is 1.52 bits per heavy atom. The molecule has 9 heteroatoms. The van der Waals surface area contributed by atoms with Crippen LogP contribution in [0.5, 0.6) is 23.1 Å². The van der Waals surface area contributed by atoms with Crippen LogP contribution in [0.1, 0.15) is 0 Å². The average Bonchev–Trinajstić information content (AvgIpc) is 3.50. The van der Waals surface area contributed by atoms with Crippen LogP contribution >= 0.6 is 0 Å². The molecule has 0 bridgehead atoms. The fraction of sp³-hybridized carbons (Fsp3) is 0. The molecule has 0 aliphatic carbocycles. The van der Waals surface area contributed by atoms with Crippen LogP contribution in [0.2, 0.25) is 0 Å². The number of carbonyl (C=O) groups is 1. The summed E-state index contributed by atoms with van der Waals surface area (Å²) in [5.74, 6) is 0.652. The number of nitrogens with one attached hydrogen (secondary N) is 1. The molecule has 0 radical (unpaired) electrons. The summed E-state index contributed by atoms with van der Waals surface area (Å²) in [7, 11) is 0. The van der Waals surface area contributed by atoms with Crippen LogP contribution < -0.4 is 19.7 Å². The molecule has 4 aromatic carbocycles. The molecule has 42 heavy (non-hydrogen) atoms. The van der Waals surface area contributed by atoms with Crippen LogP contribution in [0, 0.1) is 5.82 Å². The zero-order valence-electron chi connectivity index (χ0n) is 22.2. The third-order valence-electron chi connectivity index (χ3n) is 6.23. The molecule has 1 N–H and O–H groups in total. The first-order valence-corrected chi connectivity index (χ1v) is 13.0. The van der Waals surface area contributed by atoms with E-state index in [4.69, 9.17) is 19.6 Å². The molecule has 0 spiro atoms. The number of anilines is 4. The van der Waals surface area contributed by atoms with Gasteiger partial charge >= 0.3 is 0 Å². The quantitative estimate of drug-likeness (QED) is 0.181. The largest absolute Gasteiger partial charge is 0.457 e. The molecule has 0 saturated carbocycles. The van der Waals surface area contributed by atoms with E-state index in [2.05, 4.69) is 11.9 Å². The number of hydrogen-bond donors (Lipinski definition) is 1. The Labute approximate surface area is 240 Å². The molecule has 1 amide bonds. The molecule has 8 nitrogen and oxygen atoms in total. The summed E-state index contributed by atoms with van der Waals surface area (Å²) in [4.78, 5) is 18.4. The molecule has 0 atom stereocenters. The van der Waals surface area contributed by atoms with E-state index in [9.17, 15) is 9.18 Å². The van der Waals surface area contributed by atoms with Crippen molar-refractivity contribution in [3.8, 4) is 23.1 Å². The van der Waals surface area contributed by atoms with Crippen molar-refractivity contribution in [1.82, 2.24) is 14.6 Å². The summed E-state index contributed by atoms with van der Waals surface area (Å²) in [5, 5.41) is 7.34. The molecule has 2 heterocycles. The van der Waals surface area contributed by atoms with Gasteiger partial charge in [0.1, 0.15) is 17.0 Å². The van der Waals surface area contributed by atoms with Crippen LogP contribution in [-0.2, 0) is 4.79 Å². The normalized spacial score (nSPS) is 10.7. The summed E-state index contributed by atoms with van der Waals surface area (Å²) in [5.41, 5.74) is 2.44. The highest BCUT2D eigenvalue weighted by Crippen LogP contribution is 2.36. The standard InChI is InChI=1S/C33H24FN5O3/c1-2-31(40)35-23-15-20-28(34)30(22-23)42-32-29-14-9-21-38(29)37-33(36-32)39(24-10-5-3-6-11-24)25-16-18-27(19-17-25)41-26-12-7-4-8-13-26/h2-22H,1H2,(H,35,40). The molecule has 0 unspecified atom stereocenters. The van der Waals surface area contributed by atoms with Crippen molar-refractivity contribution >= 4 is 34.4 Å². The Kier molecular flexibility index (Phi) is 7.29. The number of benzene rings is 4. The van der Waals surface area contributed by atoms with Gasteiger partial charge in [0.2, 0.25) is 11.8 Å². The van der Waals surface area contributed by atoms with Crippen molar-refractivity contribution in [2.75, 3.05) is 10.2 Å².